The van der Waals surface area contributed by atoms with Gasteiger partial charge in [0.15, 0.2) is 0 Å². The number of halogens is 1. The Morgan fingerprint density at radius 1 is 1.39 bits per heavy atom. The molecule has 0 saturated heterocycles. The maximum absolute atomic E-state index is 10.9. The summed E-state index contributed by atoms with van der Waals surface area (Å²) in [5, 5.41) is 12.0. The number of aromatic carboxylic acids is 1. The Morgan fingerprint density at radius 2 is 2.17 bits per heavy atom. The number of hydrogen-bond acceptors (Lipinski definition) is 4. The lowest BCUT2D eigenvalue weighted by atomic mass is 10.1. The normalized spacial score (nSPS) is 10.3. The van der Waals surface area contributed by atoms with Gasteiger partial charge in [-0.2, -0.15) is 0 Å². The van der Waals surface area contributed by atoms with E-state index >= 15 is 0 Å². The number of nitrogen functional groups attached to an aromatic ring is 1. The fourth-order valence-corrected chi connectivity index (χ4v) is 2.50. The highest BCUT2D eigenvalue weighted by Gasteiger charge is 2.07. The molecule has 0 amide bonds. The van der Waals surface area contributed by atoms with Gasteiger partial charge in [-0.3, -0.25) is 0 Å². The van der Waals surface area contributed by atoms with Crippen LogP contribution in [0, 0.1) is 0 Å². The minimum atomic E-state index is -0.975. The van der Waals surface area contributed by atoms with Crippen molar-refractivity contribution in [2.45, 2.75) is 6.54 Å². The number of anilines is 2. The van der Waals surface area contributed by atoms with Crippen molar-refractivity contribution in [3.63, 3.8) is 0 Å². The summed E-state index contributed by atoms with van der Waals surface area (Å²) in [5.41, 5.74) is 7.11. The second-order valence-corrected chi connectivity index (χ2v) is 5.47. The summed E-state index contributed by atoms with van der Waals surface area (Å²) in [4.78, 5) is 11.9. The third kappa shape index (κ3) is 2.94. The summed E-state index contributed by atoms with van der Waals surface area (Å²) < 4.78 is 0.721. The van der Waals surface area contributed by atoms with Crippen LogP contribution in [0.25, 0.3) is 0 Å². The van der Waals surface area contributed by atoms with Crippen LogP contribution in [0.5, 0.6) is 0 Å². The summed E-state index contributed by atoms with van der Waals surface area (Å²) in [7, 11) is 0. The highest BCUT2D eigenvalue weighted by Crippen LogP contribution is 2.24. The van der Waals surface area contributed by atoms with Gasteiger partial charge in [0.05, 0.1) is 21.3 Å². The molecule has 1 aromatic carbocycles. The van der Waals surface area contributed by atoms with E-state index in [0.29, 0.717) is 17.9 Å². The third-order valence-corrected chi connectivity index (χ3v) is 3.61. The molecule has 0 fully saturated rings. The Morgan fingerprint density at radius 3 is 2.78 bits per heavy atom. The van der Waals surface area contributed by atoms with Crippen molar-refractivity contribution in [2.75, 3.05) is 11.1 Å². The van der Waals surface area contributed by atoms with Crippen molar-refractivity contribution in [1.82, 2.24) is 0 Å². The van der Waals surface area contributed by atoms with E-state index in [1.165, 1.54) is 23.5 Å². The topological polar surface area (TPSA) is 75.4 Å². The van der Waals surface area contributed by atoms with Gasteiger partial charge >= 0.3 is 5.97 Å². The van der Waals surface area contributed by atoms with Gasteiger partial charge < -0.3 is 16.2 Å². The molecule has 0 aliphatic carbocycles. The third-order valence-electron chi connectivity index (χ3n) is 2.38. The lowest BCUT2D eigenvalue weighted by molar-refractivity contribution is 0.0697. The first-order chi connectivity index (χ1) is 8.56. The van der Waals surface area contributed by atoms with Gasteiger partial charge in [0.25, 0.3) is 0 Å². The van der Waals surface area contributed by atoms with Gasteiger partial charge in [-0.25, -0.2) is 4.79 Å². The molecule has 18 heavy (non-hydrogen) atoms. The summed E-state index contributed by atoms with van der Waals surface area (Å²) in [6.45, 7) is 0.560. The molecule has 2 aromatic rings. The number of carboxylic acid groups (broad SMARTS) is 1. The number of nitrogens with two attached hydrogens (primary N) is 1. The molecule has 4 nitrogen and oxygen atoms in total. The quantitative estimate of drug-likeness (QED) is 0.752. The molecule has 2 rings (SSSR count). The van der Waals surface area contributed by atoms with Gasteiger partial charge in [-0.15, -0.1) is 11.3 Å². The Hall–Kier alpha value is -1.72. The smallest absolute Gasteiger partial charge is 0.335 e. The van der Waals surface area contributed by atoms with Crippen molar-refractivity contribution in [2.24, 2.45) is 0 Å². The predicted octanol–water partition coefficient (Wildman–Crippen LogP) is 3.29. The maximum atomic E-state index is 10.9. The van der Waals surface area contributed by atoms with Gasteiger partial charge in [-0.1, -0.05) is 11.6 Å². The lowest BCUT2D eigenvalue weighted by Crippen LogP contribution is -2.04. The Labute approximate surface area is 113 Å². The van der Waals surface area contributed by atoms with Crippen LogP contribution in [0.1, 0.15) is 15.2 Å². The second kappa shape index (κ2) is 5.29. The van der Waals surface area contributed by atoms with Crippen LogP contribution in [0.15, 0.2) is 30.3 Å². The van der Waals surface area contributed by atoms with Crippen LogP contribution < -0.4 is 11.1 Å². The minimum absolute atomic E-state index is 0.205. The molecule has 0 atom stereocenters. The predicted molar refractivity (Wildman–Crippen MR) is 74.5 cm³/mol. The molecular formula is C12H11ClN2O2S. The van der Waals surface area contributed by atoms with E-state index < -0.39 is 5.97 Å². The molecular weight excluding hydrogens is 272 g/mol. The average molecular weight is 283 g/mol. The number of nitrogens with one attached hydrogen (secondary N) is 1. The van der Waals surface area contributed by atoms with Crippen molar-refractivity contribution >= 4 is 40.3 Å². The molecule has 4 N–H and O–H groups in total. The van der Waals surface area contributed by atoms with E-state index in [4.69, 9.17) is 22.4 Å². The summed E-state index contributed by atoms with van der Waals surface area (Å²) in [5.74, 6) is -0.975. The van der Waals surface area contributed by atoms with Gasteiger partial charge in [0, 0.05) is 11.4 Å². The number of thiophene rings is 1. The Balaban J connectivity index is 2.13. The number of hydrogen-bond donors (Lipinski definition) is 3. The van der Waals surface area contributed by atoms with Crippen LogP contribution in [-0.2, 0) is 6.54 Å². The molecule has 1 aromatic heterocycles. The molecule has 0 aliphatic heterocycles. The van der Waals surface area contributed by atoms with E-state index in [1.54, 1.807) is 6.07 Å². The molecule has 6 heteroatoms. The fraction of sp³-hybridized carbons (Fsp3) is 0.0833. The number of carboxylic acids is 1. The number of benzene rings is 1. The van der Waals surface area contributed by atoms with Crippen LogP contribution >= 0.6 is 22.9 Å². The van der Waals surface area contributed by atoms with E-state index in [2.05, 4.69) is 5.32 Å². The van der Waals surface area contributed by atoms with Crippen LogP contribution in [0.3, 0.4) is 0 Å². The zero-order valence-electron chi connectivity index (χ0n) is 9.31. The van der Waals surface area contributed by atoms with Crippen LogP contribution in [-0.4, -0.2) is 11.1 Å². The minimum Gasteiger partial charge on any atom is -0.478 e. The molecule has 0 spiro atoms. The average Bonchev–Trinajstić information content (AvgIpc) is 2.74. The highest BCUT2D eigenvalue weighted by atomic mass is 35.5. The van der Waals surface area contributed by atoms with Gasteiger partial charge in [-0.05, 0) is 30.3 Å². The first-order valence-electron chi connectivity index (χ1n) is 5.17. The van der Waals surface area contributed by atoms with Gasteiger partial charge in [0.1, 0.15) is 0 Å². The van der Waals surface area contributed by atoms with E-state index in [0.717, 1.165) is 9.21 Å². The Kier molecular flexibility index (Phi) is 3.74. The summed E-state index contributed by atoms with van der Waals surface area (Å²) in [6.07, 6.45) is 0. The standard InChI is InChI=1S/C12H11ClN2O2S/c13-11-4-2-8(18-11)6-15-10-5-7(12(16)17)1-3-9(10)14/h1-5,15H,6,14H2,(H,16,17). The first-order valence-corrected chi connectivity index (χ1v) is 6.36. The fourth-order valence-electron chi connectivity index (χ4n) is 1.47. The molecule has 0 saturated carbocycles. The zero-order chi connectivity index (χ0) is 13.1. The van der Waals surface area contributed by atoms with Crippen LogP contribution in [0.4, 0.5) is 11.4 Å². The van der Waals surface area contributed by atoms with Crippen LogP contribution in [0.2, 0.25) is 4.34 Å². The van der Waals surface area contributed by atoms with E-state index in [1.807, 2.05) is 12.1 Å². The molecule has 0 radical (unpaired) electrons. The Bertz CT molecular complexity index is 583. The maximum Gasteiger partial charge on any atom is 0.335 e. The zero-order valence-corrected chi connectivity index (χ0v) is 10.9. The van der Waals surface area contributed by atoms with Gasteiger partial charge in [0.2, 0.25) is 0 Å². The van der Waals surface area contributed by atoms with Crippen molar-refractivity contribution in [1.29, 1.82) is 0 Å². The molecule has 94 valence electrons. The van der Waals surface area contributed by atoms with Crippen molar-refractivity contribution in [3.8, 4) is 0 Å². The van der Waals surface area contributed by atoms with E-state index in [-0.39, 0.29) is 5.56 Å². The molecule has 0 bridgehead atoms. The van der Waals surface area contributed by atoms with Crippen molar-refractivity contribution in [3.05, 3.63) is 45.1 Å². The summed E-state index contributed by atoms with van der Waals surface area (Å²) in [6, 6.07) is 8.31. The monoisotopic (exact) mass is 282 g/mol. The molecule has 1 heterocycles. The molecule has 0 aliphatic rings. The number of carbonyl (C=O) groups is 1. The van der Waals surface area contributed by atoms with Crippen molar-refractivity contribution < 1.29 is 9.90 Å². The lowest BCUT2D eigenvalue weighted by Gasteiger charge is -2.09. The second-order valence-electron chi connectivity index (χ2n) is 3.67. The van der Waals surface area contributed by atoms with E-state index in [9.17, 15) is 4.79 Å². The first kappa shape index (κ1) is 12.7. The highest BCUT2D eigenvalue weighted by molar-refractivity contribution is 7.16. The SMILES string of the molecule is Nc1ccc(C(=O)O)cc1NCc1ccc(Cl)s1. The number of rotatable bonds is 4. The summed E-state index contributed by atoms with van der Waals surface area (Å²) >= 11 is 7.30. The molecule has 0 unspecified atom stereocenters. The largest absolute Gasteiger partial charge is 0.478 e.